The number of aromatic nitrogens is 4. The van der Waals surface area contributed by atoms with Gasteiger partial charge in [-0.05, 0) is 57.1 Å². The van der Waals surface area contributed by atoms with Gasteiger partial charge in [-0.3, -0.25) is 4.79 Å². The molecule has 3 aromatic heterocycles. The number of hydrogen-bond donors (Lipinski definition) is 3. The van der Waals surface area contributed by atoms with Crippen LogP contribution in [0.15, 0.2) is 30.6 Å². The molecule has 0 saturated heterocycles. The van der Waals surface area contributed by atoms with Gasteiger partial charge in [0.1, 0.15) is 29.0 Å². The van der Waals surface area contributed by atoms with E-state index < -0.39 is 0 Å². The molecule has 34 heavy (non-hydrogen) atoms. The van der Waals surface area contributed by atoms with Crippen LogP contribution in [-0.2, 0) is 4.74 Å². The lowest BCUT2D eigenvalue weighted by Gasteiger charge is -2.28. The first kappa shape index (κ1) is 22.4. The molecule has 10 heteroatoms. The zero-order chi connectivity index (χ0) is 23.5. The standard InChI is InChI=1S/C24H31N7O3/c1-25-21-13-20(30-22-18(14-27-31(21)22)23(32)28-15-5-3-6-15)29-19-7-4-12-26-24(19)34-17-10-8-16(33-2)9-11-17/h4,7,12-17,25H,3,5-6,8-11H2,1-2H3,(H,28,32)(H,29,30)/t16-,17-. The highest BCUT2D eigenvalue weighted by Gasteiger charge is 2.25. The fourth-order valence-electron chi connectivity index (χ4n) is 4.44. The third-order valence-corrected chi connectivity index (χ3v) is 6.68. The summed E-state index contributed by atoms with van der Waals surface area (Å²) in [5, 5.41) is 13.9. The minimum absolute atomic E-state index is 0.0989. The molecule has 10 nitrogen and oxygen atoms in total. The number of carbonyl (C=O) groups is 1. The Labute approximate surface area is 198 Å². The summed E-state index contributed by atoms with van der Waals surface area (Å²) in [6.07, 6.45) is 10.7. The van der Waals surface area contributed by atoms with Crippen LogP contribution in [0.4, 0.5) is 17.3 Å². The van der Waals surface area contributed by atoms with Crippen molar-refractivity contribution in [3.63, 3.8) is 0 Å². The predicted octanol–water partition coefficient (Wildman–Crippen LogP) is 3.53. The first-order valence-corrected chi connectivity index (χ1v) is 11.9. The van der Waals surface area contributed by atoms with Crippen LogP contribution >= 0.6 is 0 Å². The Balaban J connectivity index is 1.38. The Kier molecular flexibility index (Phi) is 6.48. The number of fused-ring (bicyclic) bond motifs is 1. The van der Waals surface area contributed by atoms with Crippen molar-refractivity contribution in [2.45, 2.75) is 63.2 Å². The van der Waals surface area contributed by atoms with Gasteiger partial charge in [0.05, 0.1) is 12.3 Å². The molecule has 0 aromatic carbocycles. The van der Waals surface area contributed by atoms with E-state index in [2.05, 4.69) is 26.0 Å². The lowest BCUT2D eigenvalue weighted by atomic mass is 9.93. The Bertz CT molecular complexity index is 1150. The van der Waals surface area contributed by atoms with Crippen LogP contribution in [0.3, 0.4) is 0 Å². The summed E-state index contributed by atoms with van der Waals surface area (Å²) < 4.78 is 13.4. The first-order chi connectivity index (χ1) is 16.6. The van der Waals surface area contributed by atoms with Crippen molar-refractivity contribution < 1.29 is 14.3 Å². The second-order valence-electron chi connectivity index (χ2n) is 8.90. The van der Waals surface area contributed by atoms with E-state index in [9.17, 15) is 4.79 Å². The normalized spacial score (nSPS) is 20.5. The third-order valence-electron chi connectivity index (χ3n) is 6.68. The van der Waals surface area contributed by atoms with Crippen LogP contribution in [0.2, 0.25) is 0 Å². The first-order valence-electron chi connectivity index (χ1n) is 11.9. The fourth-order valence-corrected chi connectivity index (χ4v) is 4.44. The van der Waals surface area contributed by atoms with Gasteiger partial charge in [-0.1, -0.05) is 0 Å². The average Bonchev–Trinajstić information content (AvgIpc) is 3.26. The van der Waals surface area contributed by atoms with Crippen LogP contribution < -0.4 is 20.7 Å². The van der Waals surface area contributed by atoms with E-state index in [4.69, 9.17) is 14.5 Å². The monoisotopic (exact) mass is 465 g/mol. The van der Waals surface area contributed by atoms with Crippen LogP contribution in [0.25, 0.3) is 5.65 Å². The molecule has 2 saturated carbocycles. The minimum atomic E-state index is -0.150. The van der Waals surface area contributed by atoms with E-state index in [1.807, 2.05) is 25.2 Å². The molecule has 0 atom stereocenters. The molecule has 2 aliphatic carbocycles. The summed E-state index contributed by atoms with van der Waals surface area (Å²) >= 11 is 0. The maximum atomic E-state index is 12.8. The van der Waals surface area contributed by atoms with Crippen LogP contribution in [0.1, 0.15) is 55.3 Å². The third kappa shape index (κ3) is 4.63. The van der Waals surface area contributed by atoms with Crippen LogP contribution in [0, 0.1) is 0 Å². The summed E-state index contributed by atoms with van der Waals surface area (Å²) in [4.78, 5) is 22.0. The van der Waals surface area contributed by atoms with Crippen molar-refractivity contribution in [3.05, 3.63) is 36.2 Å². The number of anilines is 3. The molecule has 0 bridgehead atoms. The van der Waals surface area contributed by atoms with Crippen molar-refractivity contribution >= 4 is 28.9 Å². The summed E-state index contributed by atoms with van der Waals surface area (Å²) in [6.45, 7) is 0. The van der Waals surface area contributed by atoms with Crippen molar-refractivity contribution in [2.75, 3.05) is 24.8 Å². The van der Waals surface area contributed by atoms with E-state index in [0.29, 0.717) is 34.8 Å². The number of methoxy groups -OCH3 is 1. The Hall–Kier alpha value is -3.40. The molecular formula is C24H31N7O3. The number of hydrogen-bond acceptors (Lipinski definition) is 8. The van der Waals surface area contributed by atoms with Gasteiger partial charge < -0.3 is 25.4 Å². The van der Waals surface area contributed by atoms with Crippen molar-refractivity contribution in [1.29, 1.82) is 0 Å². The highest BCUT2D eigenvalue weighted by atomic mass is 16.5. The Morgan fingerprint density at radius 2 is 1.94 bits per heavy atom. The molecular weight excluding hydrogens is 434 g/mol. The fraction of sp³-hybridized carbons (Fsp3) is 0.500. The van der Waals surface area contributed by atoms with Gasteiger partial charge >= 0.3 is 0 Å². The molecule has 3 N–H and O–H groups in total. The second-order valence-corrected chi connectivity index (χ2v) is 8.90. The quantitative estimate of drug-likeness (QED) is 0.463. The summed E-state index contributed by atoms with van der Waals surface area (Å²) in [6, 6.07) is 5.84. The maximum Gasteiger partial charge on any atom is 0.256 e. The lowest BCUT2D eigenvalue weighted by Crippen LogP contribution is -2.39. The molecule has 1 amide bonds. The van der Waals surface area contributed by atoms with E-state index in [1.165, 1.54) is 0 Å². The number of nitrogens with zero attached hydrogens (tertiary/aromatic N) is 4. The van der Waals surface area contributed by atoms with Crippen LogP contribution in [-0.4, -0.2) is 57.9 Å². The predicted molar refractivity (Wildman–Crippen MR) is 129 cm³/mol. The Morgan fingerprint density at radius 3 is 2.65 bits per heavy atom. The zero-order valence-corrected chi connectivity index (χ0v) is 19.6. The molecule has 3 aromatic rings. The molecule has 3 heterocycles. The van der Waals surface area contributed by atoms with E-state index >= 15 is 0 Å². The molecule has 2 aliphatic rings. The number of amides is 1. The van der Waals surface area contributed by atoms with Crippen molar-refractivity contribution in [2.24, 2.45) is 0 Å². The maximum absolute atomic E-state index is 12.8. The van der Waals surface area contributed by atoms with Crippen molar-refractivity contribution in [1.82, 2.24) is 24.9 Å². The second kappa shape index (κ2) is 9.84. The number of ether oxygens (including phenoxy) is 2. The number of rotatable bonds is 8. The minimum Gasteiger partial charge on any atom is -0.473 e. The van der Waals surface area contributed by atoms with E-state index in [1.54, 1.807) is 24.0 Å². The summed E-state index contributed by atoms with van der Waals surface area (Å²) in [5.74, 6) is 1.66. The van der Waals surface area contributed by atoms with Gasteiger partial charge in [0.2, 0.25) is 5.88 Å². The Morgan fingerprint density at radius 1 is 1.15 bits per heavy atom. The van der Waals surface area contributed by atoms with Gasteiger partial charge in [-0.15, -0.1) is 0 Å². The van der Waals surface area contributed by atoms with Gasteiger partial charge in [0.15, 0.2) is 5.65 Å². The van der Waals surface area contributed by atoms with E-state index in [0.717, 1.165) is 50.6 Å². The van der Waals surface area contributed by atoms with Crippen LogP contribution in [0.5, 0.6) is 5.88 Å². The van der Waals surface area contributed by atoms with Crippen molar-refractivity contribution in [3.8, 4) is 5.88 Å². The van der Waals surface area contributed by atoms with Gasteiger partial charge in [-0.25, -0.2) is 9.97 Å². The van der Waals surface area contributed by atoms with Gasteiger partial charge in [-0.2, -0.15) is 9.61 Å². The molecule has 0 unspecified atom stereocenters. The van der Waals surface area contributed by atoms with E-state index in [-0.39, 0.29) is 18.1 Å². The highest BCUT2D eigenvalue weighted by Crippen LogP contribution is 2.31. The molecule has 2 fully saturated rings. The molecule has 0 spiro atoms. The number of carbonyl (C=O) groups excluding carboxylic acids is 1. The molecule has 0 radical (unpaired) electrons. The number of pyridine rings is 1. The summed E-state index contributed by atoms with van der Waals surface area (Å²) in [5.41, 5.74) is 1.65. The molecule has 0 aliphatic heterocycles. The molecule has 5 rings (SSSR count). The SMILES string of the molecule is CNc1cc(Nc2cccnc2O[C@H]2CC[C@H](OC)CC2)nc2c(C(=O)NC3CCC3)cnn12. The van der Waals surface area contributed by atoms with Gasteiger partial charge in [0, 0.05) is 32.5 Å². The lowest BCUT2D eigenvalue weighted by molar-refractivity contribution is 0.0317. The topological polar surface area (TPSA) is 115 Å². The molecule has 180 valence electrons. The zero-order valence-electron chi connectivity index (χ0n) is 19.6. The van der Waals surface area contributed by atoms with Gasteiger partial charge in [0.25, 0.3) is 5.91 Å². The highest BCUT2D eigenvalue weighted by molar-refractivity contribution is 6.00. The number of nitrogens with one attached hydrogen (secondary N) is 3. The largest absolute Gasteiger partial charge is 0.473 e. The smallest absolute Gasteiger partial charge is 0.256 e. The summed E-state index contributed by atoms with van der Waals surface area (Å²) in [7, 11) is 3.57. The average molecular weight is 466 g/mol.